The van der Waals surface area contributed by atoms with Gasteiger partial charge in [-0.05, 0) is 64.9 Å². The van der Waals surface area contributed by atoms with Crippen molar-refractivity contribution in [3.63, 3.8) is 0 Å². The van der Waals surface area contributed by atoms with E-state index in [1.807, 2.05) is 42.5 Å². The summed E-state index contributed by atoms with van der Waals surface area (Å²) in [4.78, 5) is 0. The molecule has 46 heavy (non-hydrogen) atoms. The molecular weight excluding hydrogens is 617 g/mol. The Morgan fingerprint density at radius 1 is 0.870 bits per heavy atom. The van der Waals surface area contributed by atoms with E-state index in [2.05, 4.69) is 32.9 Å². The fourth-order valence-electron chi connectivity index (χ4n) is 5.66. The summed E-state index contributed by atoms with van der Waals surface area (Å²) < 4.78 is 79.0. The second-order valence-electron chi connectivity index (χ2n) is 12.6. The molecular formula is C35H42F3O7Si. The topological polar surface area (TPSA) is 75.6 Å². The van der Waals surface area contributed by atoms with Crippen LogP contribution in [0.3, 0.4) is 0 Å². The largest absolute Gasteiger partial charge is 0.497 e. The first-order valence-electron chi connectivity index (χ1n) is 15.6. The molecule has 2 aliphatic rings. The molecule has 6 unspecified atom stereocenters. The van der Waals surface area contributed by atoms with Crippen molar-refractivity contribution >= 4 is 19.4 Å². The fourth-order valence-corrected chi connectivity index (χ4v) is 7.63. The molecule has 0 saturated carbocycles. The number of hydrogen-bond donors (Lipinski definition) is 1. The highest BCUT2D eigenvalue weighted by Gasteiger charge is 2.59. The first-order valence-corrected chi connectivity index (χ1v) is 17.0. The van der Waals surface area contributed by atoms with Gasteiger partial charge in [0.05, 0.1) is 13.7 Å². The Morgan fingerprint density at radius 3 is 2.11 bits per heavy atom. The fraction of sp³-hybridized carbons (Fsp3) is 0.486. The molecule has 0 aliphatic carbocycles. The maximum Gasteiger partial charge on any atom is 0.400 e. The van der Waals surface area contributed by atoms with Gasteiger partial charge in [0.2, 0.25) is 6.29 Å². The molecule has 3 aromatic rings. The second-order valence-corrected chi connectivity index (χ2v) is 14.7. The number of aliphatic hydroxyl groups is 1. The van der Waals surface area contributed by atoms with Gasteiger partial charge in [0.1, 0.15) is 35.7 Å². The molecule has 0 spiro atoms. The van der Waals surface area contributed by atoms with Gasteiger partial charge in [0, 0.05) is 6.61 Å². The van der Waals surface area contributed by atoms with Gasteiger partial charge in [0.25, 0.3) is 9.04 Å². The minimum atomic E-state index is -4.86. The molecule has 0 amide bonds. The lowest BCUT2D eigenvalue weighted by Gasteiger charge is -2.45. The van der Waals surface area contributed by atoms with Crippen LogP contribution in [0.4, 0.5) is 13.2 Å². The number of methoxy groups -OCH3 is 1. The van der Waals surface area contributed by atoms with Crippen molar-refractivity contribution in [2.75, 3.05) is 20.3 Å². The zero-order valence-corrected chi connectivity index (χ0v) is 27.5. The van der Waals surface area contributed by atoms with Crippen LogP contribution in [0.5, 0.6) is 11.5 Å². The monoisotopic (exact) mass is 659 g/mol. The van der Waals surface area contributed by atoms with Crippen molar-refractivity contribution in [2.45, 2.75) is 82.5 Å². The van der Waals surface area contributed by atoms with Crippen molar-refractivity contribution in [3.8, 4) is 11.5 Å². The van der Waals surface area contributed by atoms with Gasteiger partial charge in [-0.1, -0.05) is 75.4 Å². The van der Waals surface area contributed by atoms with Crippen LogP contribution in [0.15, 0.2) is 78.9 Å². The number of benzene rings is 3. The lowest BCUT2D eigenvalue weighted by molar-refractivity contribution is -0.348. The van der Waals surface area contributed by atoms with Crippen molar-refractivity contribution in [1.29, 1.82) is 0 Å². The normalized spacial score (nSPS) is 25.8. The molecule has 2 saturated heterocycles. The summed E-state index contributed by atoms with van der Waals surface area (Å²) in [5, 5.41) is 13.3. The van der Waals surface area contributed by atoms with Crippen molar-refractivity contribution in [1.82, 2.24) is 0 Å². The van der Waals surface area contributed by atoms with Crippen LogP contribution in [0, 0.1) is 5.92 Å². The Hall–Kier alpha value is -2.93. The van der Waals surface area contributed by atoms with E-state index < -0.39 is 52.0 Å². The molecule has 0 aromatic heterocycles. The second kappa shape index (κ2) is 14.9. The summed E-state index contributed by atoms with van der Waals surface area (Å²) in [5.74, 6) is -1.74. The van der Waals surface area contributed by atoms with E-state index in [1.54, 1.807) is 12.1 Å². The molecule has 2 fully saturated rings. The minimum absolute atomic E-state index is 0.0369. The van der Waals surface area contributed by atoms with E-state index >= 15 is 0 Å². The third-order valence-electron chi connectivity index (χ3n) is 8.25. The number of alkyl halides is 3. The molecule has 11 heteroatoms. The molecule has 5 rings (SSSR count). The summed E-state index contributed by atoms with van der Waals surface area (Å²) in [6.07, 6.45) is -9.84. The standard InChI is InChI=1S/C35H42F3O7Si/c1-34(2,3)23-13-19-27(20-14-23)46(26-10-6-5-7-11-26)42-22-28-32(45-29-12-8-9-21-41-29)31(39)30(35(36,37)38)33(44-28)43-25-17-15-24(40-4)16-18-25/h5-7,10-11,13-20,28-33,39H,8-9,12,21-22H2,1-4H3. The summed E-state index contributed by atoms with van der Waals surface area (Å²) in [7, 11) is -0.396. The van der Waals surface area contributed by atoms with Crippen molar-refractivity contribution in [2.24, 2.45) is 5.92 Å². The number of ether oxygens (including phenoxy) is 5. The van der Waals surface area contributed by atoms with Crippen LogP contribution in [-0.4, -0.2) is 71.5 Å². The van der Waals surface area contributed by atoms with E-state index in [4.69, 9.17) is 28.1 Å². The molecule has 3 aromatic carbocycles. The Balaban J connectivity index is 1.44. The summed E-state index contributed by atoms with van der Waals surface area (Å²) in [6.45, 7) is 6.70. The van der Waals surface area contributed by atoms with E-state index in [0.29, 0.717) is 18.8 Å². The SMILES string of the molecule is COc1ccc(OC2OC(CO[Si](c3ccccc3)c3ccc(C(C)(C)C)cc3)C(OC3CCCCO3)C(O)C2C(F)(F)F)cc1. The van der Waals surface area contributed by atoms with E-state index in [9.17, 15) is 18.3 Å². The predicted octanol–water partition coefficient (Wildman–Crippen LogP) is 5.37. The van der Waals surface area contributed by atoms with Crippen molar-refractivity contribution < 1.29 is 46.4 Å². The van der Waals surface area contributed by atoms with Gasteiger partial charge in [-0.2, -0.15) is 13.2 Å². The smallest absolute Gasteiger partial charge is 0.400 e. The van der Waals surface area contributed by atoms with Crippen molar-refractivity contribution in [3.05, 3.63) is 84.4 Å². The number of rotatable bonds is 10. The molecule has 6 atom stereocenters. The Bertz CT molecular complexity index is 1360. The number of aliphatic hydroxyl groups excluding tert-OH is 1. The van der Waals surface area contributed by atoms with Crippen LogP contribution in [0.25, 0.3) is 0 Å². The van der Waals surface area contributed by atoms with Crippen LogP contribution in [0.1, 0.15) is 45.6 Å². The first kappa shape index (κ1) is 34.4. The molecule has 1 radical (unpaired) electrons. The average molecular weight is 660 g/mol. The molecule has 7 nitrogen and oxygen atoms in total. The Morgan fingerprint density at radius 2 is 1.52 bits per heavy atom. The zero-order valence-electron chi connectivity index (χ0n) is 26.5. The van der Waals surface area contributed by atoms with Gasteiger partial charge in [-0.3, -0.25) is 0 Å². The van der Waals surface area contributed by atoms with Gasteiger partial charge >= 0.3 is 6.18 Å². The molecule has 1 N–H and O–H groups in total. The van der Waals surface area contributed by atoms with Gasteiger partial charge < -0.3 is 33.2 Å². The molecule has 249 valence electrons. The third-order valence-corrected chi connectivity index (χ3v) is 10.4. The Kier molecular flexibility index (Phi) is 11.1. The van der Waals surface area contributed by atoms with Gasteiger partial charge in [-0.15, -0.1) is 0 Å². The lowest BCUT2D eigenvalue weighted by atomic mass is 9.87. The quantitative estimate of drug-likeness (QED) is 0.294. The molecule has 2 heterocycles. The highest BCUT2D eigenvalue weighted by molar-refractivity contribution is 6.80. The first-order chi connectivity index (χ1) is 21.9. The molecule has 2 aliphatic heterocycles. The Labute approximate surface area is 270 Å². The highest BCUT2D eigenvalue weighted by atomic mass is 28.3. The molecule has 0 bridgehead atoms. The summed E-state index contributed by atoms with van der Waals surface area (Å²) in [5.41, 5.74) is 1.13. The number of hydrogen-bond acceptors (Lipinski definition) is 7. The van der Waals surface area contributed by atoms with Crippen LogP contribution < -0.4 is 19.8 Å². The lowest BCUT2D eigenvalue weighted by Crippen LogP contribution is -2.63. The van der Waals surface area contributed by atoms with E-state index in [0.717, 1.165) is 23.2 Å². The third kappa shape index (κ3) is 8.50. The average Bonchev–Trinajstić information content (AvgIpc) is 3.03. The van der Waals surface area contributed by atoms with E-state index in [1.165, 1.54) is 24.8 Å². The minimum Gasteiger partial charge on any atom is -0.497 e. The number of halogens is 3. The van der Waals surface area contributed by atoms with Gasteiger partial charge in [-0.25, -0.2) is 0 Å². The highest BCUT2D eigenvalue weighted by Crippen LogP contribution is 2.41. The van der Waals surface area contributed by atoms with Gasteiger partial charge in [0.15, 0.2) is 6.29 Å². The predicted molar refractivity (Wildman–Crippen MR) is 169 cm³/mol. The zero-order chi connectivity index (χ0) is 32.9. The van der Waals surface area contributed by atoms with Crippen LogP contribution >= 0.6 is 0 Å². The maximum absolute atomic E-state index is 14.6. The summed E-state index contributed by atoms with van der Waals surface area (Å²) >= 11 is 0. The van der Waals surface area contributed by atoms with E-state index in [-0.39, 0.29) is 17.8 Å². The maximum atomic E-state index is 14.6. The summed E-state index contributed by atoms with van der Waals surface area (Å²) in [6, 6.07) is 24.1. The van der Waals surface area contributed by atoms with Crippen LogP contribution in [0.2, 0.25) is 0 Å². The van der Waals surface area contributed by atoms with Crippen LogP contribution in [-0.2, 0) is 24.1 Å².